The fourth-order valence-electron chi connectivity index (χ4n) is 1.93. The number of amides is 1. The SMILES string of the molecule is CSCC[C@H](CO)NC(=O)c1cc(-c2ccccc2)n[nH]1. The third-order valence-electron chi connectivity index (χ3n) is 3.12. The minimum Gasteiger partial charge on any atom is -0.394 e. The van der Waals surface area contributed by atoms with Crippen LogP contribution in [0.25, 0.3) is 11.3 Å². The summed E-state index contributed by atoms with van der Waals surface area (Å²) in [4.78, 5) is 12.1. The molecule has 3 N–H and O–H groups in total. The van der Waals surface area contributed by atoms with Crippen molar-refractivity contribution in [1.82, 2.24) is 15.5 Å². The zero-order valence-corrected chi connectivity index (χ0v) is 12.7. The minimum absolute atomic E-state index is 0.0635. The van der Waals surface area contributed by atoms with E-state index < -0.39 is 0 Å². The molecule has 1 atom stereocenters. The molecule has 0 aliphatic carbocycles. The molecular weight excluding hydrogens is 286 g/mol. The lowest BCUT2D eigenvalue weighted by Crippen LogP contribution is -2.38. The van der Waals surface area contributed by atoms with Crippen molar-refractivity contribution in [2.45, 2.75) is 12.5 Å². The summed E-state index contributed by atoms with van der Waals surface area (Å²) in [6.45, 7) is -0.0635. The Hall–Kier alpha value is -1.79. The predicted octanol–water partition coefficient (Wildman–Crippen LogP) is 1.92. The van der Waals surface area contributed by atoms with Crippen LogP contribution in [0, 0.1) is 0 Å². The lowest BCUT2D eigenvalue weighted by Gasteiger charge is -2.14. The number of aromatic nitrogens is 2. The number of nitrogens with one attached hydrogen (secondary N) is 2. The molecule has 2 rings (SSSR count). The molecule has 21 heavy (non-hydrogen) atoms. The van der Waals surface area contributed by atoms with Gasteiger partial charge in [0.15, 0.2) is 0 Å². The van der Waals surface area contributed by atoms with Crippen molar-refractivity contribution in [3.05, 3.63) is 42.1 Å². The average molecular weight is 305 g/mol. The van der Waals surface area contributed by atoms with E-state index >= 15 is 0 Å². The third-order valence-corrected chi connectivity index (χ3v) is 3.76. The molecule has 1 aromatic heterocycles. The Morgan fingerprint density at radius 3 is 2.86 bits per heavy atom. The second-order valence-corrected chi connectivity index (χ2v) is 5.65. The molecule has 112 valence electrons. The molecule has 0 unspecified atom stereocenters. The average Bonchev–Trinajstić information content (AvgIpc) is 3.02. The number of hydrogen-bond acceptors (Lipinski definition) is 4. The van der Waals surface area contributed by atoms with E-state index in [2.05, 4.69) is 15.5 Å². The Bertz CT molecular complexity index is 571. The molecule has 1 amide bonds. The van der Waals surface area contributed by atoms with E-state index in [0.29, 0.717) is 5.69 Å². The molecule has 0 saturated heterocycles. The summed E-state index contributed by atoms with van der Waals surface area (Å²) in [6, 6.07) is 11.1. The summed E-state index contributed by atoms with van der Waals surface area (Å²) < 4.78 is 0. The Morgan fingerprint density at radius 2 is 2.19 bits per heavy atom. The minimum atomic E-state index is -0.246. The first-order chi connectivity index (χ1) is 10.2. The number of benzene rings is 1. The molecule has 0 aliphatic rings. The molecule has 0 saturated carbocycles. The standard InChI is InChI=1S/C15H19N3O2S/c1-21-8-7-12(10-19)16-15(20)14-9-13(17-18-14)11-5-3-2-4-6-11/h2-6,9,12,19H,7-8,10H2,1H3,(H,16,20)(H,17,18)/t12-/m1/s1. The van der Waals surface area contributed by atoms with Crippen molar-refractivity contribution in [3.63, 3.8) is 0 Å². The van der Waals surface area contributed by atoms with Crippen LogP contribution in [0.2, 0.25) is 0 Å². The molecule has 5 nitrogen and oxygen atoms in total. The fraction of sp³-hybridized carbons (Fsp3) is 0.333. The van der Waals surface area contributed by atoms with Crippen molar-refractivity contribution >= 4 is 17.7 Å². The topological polar surface area (TPSA) is 78.0 Å². The quantitative estimate of drug-likeness (QED) is 0.730. The van der Waals surface area contributed by atoms with Crippen molar-refractivity contribution in [2.75, 3.05) is 18.6 Å². The van der Waals surface area contributed by atoms with Gasteiger partial charge in [-0.2, -0.15) is 16.9 Å². The normalized spacial score (nSPS) is 12.1. The smallest absolute Gasteiger partial charge is 0.269 e. The summed E-state index contributed by atoms with van der Waals surface area (Å²) in [5.41, 5.74) is 2.08. The zero-order chi connectivity index (χ0) is 15.1. The highest BCUT2D eigenvalue weighted by Gasteiger charge is 2.15. The van der Waals surface area contributed by atoms with E-state index in [0.717, 1.165) is 23.4 Å². The molecule has 1 heterocycles. The van der Waals surface area contributed by atoms with E-state index in [1.54, 1.807) is 17.8 Å². The highest BCUT2D eigenvalue weighted by Crippen LogP contribution is 2.16. The van der Waals surface area contributed by atoms with Crippen LogP contribution in [0.4, 0.5) is 0 Å². The number of nitrogens with zero attached hydrogens (tertiary/aromatic N) is 1. The number of carbonyl (C=O) groups is 1. The van der Waals surface area contributed by atoms with E-state index in [4.69, 9.17) is 0 Å². The summed E-state index contributed by atoms with van der Waals surface area (Å²) in [5.74, 6) is 0.647. The van der Waals surface area contributed by atoms with Gasteiger partial charge in [0.25, 0.3) is 5.91 Å². The molecule has 0 spiro atoms. The van der Waals surface area contributed by atoms with Crippen LogP contribution in [0.1, 0.15) is 16.9 Å². The third kappa shape index (κ3) is 4.34. The van der Waals surface area contributed by atoms with Crippen LogP contribution in [0.3, 0.4) is 0 Å². The number of thioether (sulfide) groups is 1. The van der Waals surface area contributed by atoms with Crippen LogP contribution < -0.4 is 5.32 Å². The lowest BCUT2D eigenvalue weighted by molar-refractivity contribution is 0.0910. The molecule has 0 fully saturated rings. The molecule has 0 radical (unpaired) electrons. The van der Waals surface area contributed by atoms with Gasteiger partial charge in [0.05, 0.1) is 18.3 Å². The predicted molar refractivity (Wildman–Crippen MR) is 85.4 cm³/mol. The first kappa shape index (κ1) is 15.6. The monoisotopic (exact) mass is 305 g/mol. The molecule has 1 aromatic carbocycles. The molecule has 0 aliphatic heterocycles. The van der Waals surface area contributed by atoms with E-state index in [-0.39, 0.29) is 18.6 Å². The number of hydrogen-bond donors (Lipinski definition) is 3. The fourth-order valence-corrected chi connectivity index (χ4v) is 2.45. The number of aliphatic hydroxyl groups is 1. The number of aromatic amines is 1. The van der Waals surface area contributed by atoms with Crippen molar-refractivity contribution < 1.29 is 9.90 Å². The van der Waals surface area contributed by atoms with Gasteiger partial charge >= 0.3 is 0 Å². The van der Waals surface area contributed by atoms with Crippen LogP contribution in [-0.4, -0.2) is 45.9 Å². The van der Waals surface area contributed by atoms with Crippen LogP contribution in [0.5, 0.6) is 0 Å². The highest BCUT2D eigenvalue weighted by molar-refractivity contribution is 7.98. The van der Waals surface area contributed by atoms with Gasteiger partial charge in [-0.25, -0.2) is 0 Å². The molecule has 0 bridgehead atoms. The first-order valence-electron chi connectivity index (χ1n) is 6.76. The van der Waals surface area contributed by atoms with Gasteiger partial charge < -0.3 is 10.4 Å². The van der Waals surface area contributed by atoms with Crippen LogP contribution in [-0.2, 0) is 0 Å². The van der Waals surface area contributed by atoms with E-state index in [1.807, 2.05) is 36.6 Å². The molecule has 6 heteroatoms. The number of rotatable bonds is 7. The summed E-state index contributed by atoms with van der Waals surface area (Å²) in [5, 5.41) is 19.0. The molecular formula is C15H19N3O2S. The number of aliphatic hydroxyl groups excluding tert-OH is 1. The van der Waals surface area contributed by atoms with Crippen molar-refractivity contribution in [1.29, 1.82) is 0 Å². The van der Waals surface area contributed by atoms with Crippen molar-refractivity contribution in [3.8, 4) is 11.3 Å². The second kappa shape index (κ2) is 7.85. The highest BCUT2D eigenvalue weighted by atomic mass is 32.2. The van der Waals surface area contributed by atoms with Gasteiger partial charge in [-0.3, -0.25) is 9.89 Å². The van der Waals surface area contributed by atoms with Gasteiger partial charge in [-0.1, -0.05) is 30.3 Å². The maximum atomic E-state index is 12.1. The maximum absolute atomic E-state index is 12.1. The van der Waals surface area contributed by atoms with Crippen LogP contribution in [0.15, 0.2) is 36.4 Å². The zero-order valence-electron chi connectivity index (χ0n) is 11.9. The number of carbonyl (C=O) groups excluding carboxylic acids is 1. The van der Waals surface area contributed by atoms with E-state index in [9.17, 15) is 9.90 Å². The Labute approximate surface area is 128 Å². The van der Waals surface area contributed by atoms with Gasteiger partial charge in [0.2, 0.25) is 0 Å². The van der Waals surface area contributed by atoms with Crippen molar-refractivity contribution in [2.24, 2.45) is 0 Å². The summed E-state index contributed by atoms with van der Waals surface area (Å²) >= 11 is 1.69. The Balaban J connectivity index is 2.02. The summed E-state index contributed by atoms with van der Waals surface area (Å²) in [6.07, 6.45) is 2.74. The number of H-pyrrole nitrogens is 1. The van der Waals surface area contributed by atoms with Gasteiger partial charge in [-0.05, 0) is 24.5 Å². The Morgan fingerprint density at radius 1 is 1.43 bits per heavy atom. The lowest BCUT2D eigenvalue weighted by atomic mass is 10.1. The maximum Gasteiger partial charge on any atom is 0.269 e. The first-order valence-corrected chi connectivity index (χ1v) is 8.15. The Kier molecular flexibility index (Phi) is 5.83. The van der Waals surface area contributed by atoms with Crippen LogP contribution >= 0.6 is 11.8 Å². The van der Waals surface area contributed by atoms with Gasteiger partial charge in [0, 0.05) is 5.56 Å². The molecule has 2 aromatic rings. The van der Waals surface area contributed by atoms with Gasteiger partial charge in [-0.15, -0.1) is 0 Å². The second-order valence-electron chi connectivity index (χ2n) is 4.67. The van der Waals surface area contributed by atoms with Gasteiger partial charge in [0.1, 0.15) is 5.69 Å². The summed E-state index contributed by atoms with van der Waals surface area (Å²) in [7, 11) is 0. The van der Waals surface area contributed by atoms with E-state index in [1.165, 1.54) is 0 Å². The largest absolute Gasteiger partial charge is 0.394 e.